The van der Waals surface area contributed by atoms with Crippen molar-refractivity contribution in [3.8, 4) is 5.75 Å². The first-order valence-electron chi connectivity index (χ1n) is 6.62. The van der Waals surface area contributed by atoms with E-state index in [4.69, 9.17) is 12.2 Å². The molecule has 0 heterocycles. The molecule has 0 saturated carbocycles. The second kappa shape index (κ2) is 6.54. The van der Waals surface area contributed by atoms with Crippen LogP contribution in [-0.2, 0) is 0 Å². The van der Waals surface area contributed by atoms with Gasteiger partial charge in [0.25, 0.3) is 0 Å². The largest absolute Gasteiger partial charge is 0.507 e. The van der Waals surface area contributed by atoms with Gasteiger partial charge in [0.1, 0.15) is 5.75 Å². The van der Waals surface area contributed by atoms with Gasteiger partial charge in [0.05, 0.1) is 27.2 Å². The van der Waals surface area contributed by atoms with Crippen LogP contribution in [0, 0.1) is 0 Å². The maximum Gasteiger partial charge on any atom is 0.171 e. The molecule has 0 aliphatic carbocycles. The Morgan fingerprint density at radius 2 is 1.85 bits per heavy atom. The van der Waals surface area contributed by atoms with Gasteiger partial charge < -0.3 is 20.6 Å². The smallest absolute Gasteiger partial charge is 0.171 e. The summed E-state index contributed by atoms with van der Waals surface area (Å²) in [5, 5.41) is 18.6. The van der Waals surface area contributed by atoms with Gasteiger partial charge in [0.15, 0.2) is 5.11 Å². The zero-order chi connectivity index (χ0) is 14.5. The quantitative estimate of drug-likeness (QED) is 0.634. The van der Waals surface area contributed by atoms with Crippen LogP contribution in [0.25, 0.3) is 10.8 Å². The van der Waals surface area contributed by atoms with Crippen molar-refractivity contribution in [3.63, 3.8) is 0 Å². The molecular formula is C15H20N3OS+. The average molecular weight is 290 g/mol. The Morgan fingerprint density at radius 3 is 2.60 bits per heavy atom. The summed E-state index contributed by atoms with van der Waals surface area (Å²) in [7, 11) is 4.21. The summed E-state index contributed by atoms with van der Waals surface area (Å²) in [6.07, 6.45) is 0. The maximum absolute atomic E-state index is 9.85. The molecule has 20 heavy (non-hydrogen) atoms. The fraction of sp³-hybridized carbons (Fsp3) is 0.267. The van der Waals surface area contributed by atoms with Crippen molar-refractivity contribution in [3.05, 3.63) is 36.4 Å². The Balaban J connectivity index is 2.10. The van der Waals surface area contributed by atoms with Crippen LogP contribution in [0.2, 0.25) is 0 Å². The average Bonchev–Trinajstić information content (AvgIpc) is 2.39. The van der Waals surface area contributed by atoms with Gasteiger partial charge in [-0.3, -0.25) is 0 Å². The summed E-state index contributed by atoms with van der Waals surface area (Å²) >= 11 is 5.29. The number of benzene rings is 2. The molecule has 0 radical (unpaired) electrons. The van der Waals surface area contributed by atoms with Crippen LogP contribution in [0.5, 0.6) is 5.75 Å². The highest BCUT2D eigenvalue weighted by Gasteiger charge is 2.05. The van der Waals surface area contributed by atoms with E-state index in [0.717, 1.165) is 29.5 Å². The van der Waals surface area contributed by atoms with Crippen molar-refractivity contribution in [2.24, 2.45) is 0 Å². The lowest BCUT2D eigenvalue weighted by molar-refractivity contribution is -0.856. The second-order valence-electron chi connectivity index (χ2n) is 5.02. The van der Waals surface area contributed by atoms with Gasteiger partial charge >= 0.3 is 0 Å². The SMILES string of the molecule is C[NH+](C)CCNC(=S)Nc1cccc2c(O)cccc12. The molecule has 0 spiro atoms. The summed E-state index contributed by atoms with van der Waals surface area (Å²) in [6.45, 7) is 1.82. The van der Waals surface area contributed by atoms with E-state index in [1.165, 1.54) is 4.90 Å². The van der Waals surface area contributed by atoms with Crippen molar-refractivity contribution in [2.45, 2.75) is 0 Å². The van der Waals surface area contributed by atoms with Crippen LogP contribution in [0.3, 0.4) is 0 Å². The van der Waals surface area contributed by atoms with Crippen molar-refractivity contribution >= 4 is 33.8 Å². The highest BCUT2D eigenvalue weighted by atomic mass is 32.1. The molecule has 4 N–H and O–H groups in total. The molecule has 0 bridgehead atoms. The van der Waals surface area contributed by atoms with Gasteiger partial charge in [-0.05, 0) is 24.4 Å². The first-order chi connectivity index (χ1) is 9.58. The number of likely N-dealkylation sites (N-methyl/N-ethyl adjacent to an activating group) is 1. The minimum atomic E-state index is 0.279. The van der Waals surface area contributed by atoms with Gasteiger partial charge in [0, 0.05) is 16.5 Å². The minimum absolute atomic E-state index is 0.279. The number of hydrogen-bond donors (Lipinski definition) is 4. The highest BCUT2D eigenvalue weighted by Crippen LogP contribution is 2.29. The van der Waals surface area contributed by atoms with Gasteiger partial charge in [-0.15, -0.1) is 0 Å². The van der Waals surface area contributed by atoms with Crippen molar-refractivity contribution in [2.75, 3.05) is 32.5 Å². The first-order valence-corrected chi connectivity index (χ1v) is 7.03. The number of anilines is 1. The van der Waals surface area contributed by atoms with Crippen LogP contribution in [-0.4, -0.2) is 37.4 Å². The predicted octanol–water partition coefficient (Wildman–Crippen LogP) is 0.976. The van der Waals surface area contributed by atoms with E-state index >= 15 is 0 Å². The van der Waals surface area contributed by atoms with Crippen molar-refractivity contribution < 1.29 is 10.0 Å². The predicted molar refractivity (Wildman–Crippen MR) is 87.5 cm³/mol. The van der Waals surface area contributed by atoms with Crippen molar-refractivity contribution in [1.29, 1.82) is 0 Å². The number of phenolic OH excluding ortho intramolecular Hbond substituents is 1. The molecule has 0 aliphatic heterocycles. The third-order valence-electron chi connectivity index (χ3n) is 3.06. The topological polar surface area (TPSA) is 48.7 Å². The number of rotatable bonds is 4. The van der Waals surface area contributed by atoms with E-state index in [-0.39, 0.29) is 5.75 Å². The van der Waals surface area contributed by atoms with E-state index in [2.05, 4.69) is 24.7 Å². The zero-order valence-corrected chi connectivity index (χ0v) is 12.6. The maximum atomic E-state index is 9.85. The molecule has 2 aromatic rings. The molecule has 5 heteroatoms. The molecule has 0 fully saturated rings. The monoisotopic (exact) mass is 290 g/mol. The fourth-order valence-electron chi connectivity index (χ4n) is 1.99. The molecule has 0 saturated heterocycles. The van der Waals surface area contributed by atoms with Crippen LogP contribution >= 0.6 is 12.2 Å². The third-order valence-corrected chi connectivity index (χ3v) is 3.30. The van der Waals surface area contributed by atoms with Crippen LogP contribution in [0.4, 0.5) is 5.69 Å². The van der Waals surface area contributed by atoms with Crippen LogP contribution < -0.4 is 15.5 Å². The molecule has 106 valence electrons. The summed E-state index contributed by atoms with van der Waals surface area (Å²) in [4.78, 5) is 1.37. The van der Waals surface area contributed by atoms with E-state index < -0.39 is 0 Å². The standard InChI is InChI=1S/C15H19N3OS/c1-18(2)10-9-16-15(20)17-13-7-3-6-12-11(13)5-4-8-14(12)19/h3-8,19H,9-10H2,1-2H3,(H2,16,17,20)/p+1. The second-order valence-corrected chi connectivity index (χ2v) is 5.42. The summed E-state index contributed by atoms with van der Waals surface area (Å²) in [5.74, 6) is 0.279. The number of fused-ring (bicyclic) bond motifs is 1. The lowest BCUT2D eigenvalue weighted by Gasteiger charge is -2.13. The molecule has 0 atom stereocenters. The Morgan fingerprint density at radius 1 is 1.15 bits per heavy atom. The normalized spacial score (nSPS) is 10.8. The number of phenols is 1. The number of quaternary nitrogens is 1. The number of thiocarbonyl (C=S) groups is 1. The lowest BCUT2D eigenvalue weighted by Crippen LogP contribution is -3.06. The Labute approximate surface area is 124 Å². The first kappa shape index (κ1) is 14.6. The van der Waals surface area contributed by atoms with Crippen molar-refractivity contribution in [1.82, 2.24) is 5.32 Å². The molecule has 0 amide bonds. The minimum Gasteiger partial charge on any atom is -0.507 e. The number of aromatic hydroxyl groups is 1. The van der Waals surface area contributed by atoms with Gasteiger partial charge in [0.2, 0.25) is 0 Å². The Hall–Kier alpha value is -1.85. The number of nitrogens with one attached hydrogen (secondary N) is 3. The number of hydrogen-bond acceptors (Lipinski definition) is 2. The third kappa shape index (κ3) is 3.59. The zero-order valence-electron chi connectivity index (χ0n) is 11.7. The fourth-order valence-corrected chi connectivity index (χ4v) is 2.21. The summed E-state index contributed by atoms with van der Waals surface area (Å²) in [5.41, 5.74) is 0.896. The van der Waals surface area contributed by atoms with Gasteiger partial charge in [-0.1, -0.05) is 24.3 Å². The Kier molecular flexibility index (Phi) is 4.76. The van der Waals surface area contributed by atoms with Gasteiger partial charge in [-0.25, -0.2) is 0 Å². The highest BCUT2D eigenvalue weighted by molar-refractivity contribution is 7.80. The van der Waals surface area contributed by atoms with E-state index in [1.54, 1.807) is 6.07 Å². The summed E-state index contributed by atoms with van der Waals surface area (Å²) in [6, 6.07) is 11.2. The molecule has 0 aromatic heterocycles. The Bertz CT molecular complexity index is 613. The van der Waals surface area contributed by atoms with E-state index in [9.17, 15) is 5.11 Å². The van der Waals surface area contributed by atoms with E-state index in [0.29, 0.717) is 5.11 Å². The molecular weight excluding hydrogens is 270 g/mol. The molecule has 0 unspecified atom stereocenters. The molecule has 2 aromatic carbocycles. The van der Waals surface area contributed by atoms with Gasteiger partial charge in [-0.2, -0.15) is 0 Å². The van der Waals surface area contributed by atoms with Crippen LogP contribution in [0.1, 0.15) is 0 Å². The lowest BCUT2D eigenvalue weighted by atomic mass is 10.1. The van der Waals surface area contributed by atoms with E-state index in [1.807, 2.05) is 30.3 Å². The van der Waals surface area contributed by atoms with Crippen LogP contribution in [0.15, 0.2) is 36.4 Å². The molecule has 4 nitrogen and oxygen atoms in total. The molecule has 0 aliphatic rings. The summed E-state index contributed by atoms with van der Waals surface area (Å²) < 4.78 is 0. The molecule has 2 rings (SSSR count).